The Hall–Kier alpha value is -3.14. The van der Waals surface area contributed by atoms with Crippen molar-refractivity contribution >= 4 is 35.0 Å². The summed E-state index contributed by atoms with van der Waals surface area (Å²) in [7, 11) is 3.06. The van der Waals surface area contributed by atoms with E-state index >= 15 is 0 Å². The highest BCUT2D eigenvalue weighted by Gasteiger charge is 2.36. The van der Waals surface area contributed by atoms with Crippen LogP contribution in [0.4, 0.5) is 5.69 Å². The van der Waals surface area contributed by atoms with Gasteiger partial charge < -0.3 is 20.5 Å². The molecule has 1 saturated heterocycles. The zero-order valence-corrected chi connectivity index (χ0v) is 19.8. The van der Waals surface area contributed by atoms with Crippen molar-refractivity contribution in [1.29, 1.82) is 0 Å². The largest absolute Gasteiger partial charge is 0.496 e. The number of nitrogens with one attached hydrogen (secondary N) is 1. The summed E-state index contributed by atoms with van der Waals surface area (Å²) < 4.78 is 10.9. The fourth-order valence-corrected chi connectivity index (χ4v) is 4.60. The number of benzene rings is 2. The van der Waals surface area contributed by atoms with Gasteiger partial charge in [-0.15, -0.1) is 0 Å². The van der Waals surface area contributed by atoms with Gasteiger partial charge in [-0.25, -0.2) is 0 Å². The minimum Gasteiger partial charge on any atom is -0.496 e. The predicted molar refractivity (Wildman–Crippen MR) is 127 cm³/mol. The Morgan fingerprint density at radius 2 is 1.82 bits per heavy atom. The number of ether oxygens (including phenoxy) is 2. The number of nitrogens with zero attached hydrogens (tertiary/aromatic N) is 2. The number of hydrogen-bond donors (Lipinski definition) is 2. The smallest absolute Gasteiger partial charge is 0.261 e. The third kappa shape index (κ3) is 4.59. The average Bonchev–Trinajstić information content (AvgIpc) is 3.09. The maximum Gasteiger partial charge on any atom is 0.261 e. The SMILES string of the molecule is COc1cc(N)c(Cl)cc1C(=O)NC1CCN(CCN2C(=O)c3ccccc3C2=O)CC1OC. The van der Waals surface area contributed by atoms with Crippen LogP contribution in [0.5, 0.6) is 5.75 Å². The van der Waals surface area contributed by atoms with Crippen molar-refractivity contribution in [2.75, 3.05) is 46.1 Å². The number of piperidine rings is 1. The molecule has 2 aliphatic rings. The fraction of sp³-hybridized carbons (Fsp3) is 0.375. The minimum absolute atomic E-state index is 0.228. The number of halogens is 1. The molecule has 10 heteroatoms. The molecule has 2 unspecified atom stereocenters. The molecule has 34 heavy (non-hydrogen) atoms. The second-order valence-electron chi connectivity index (χ2n) is 8.32. The molecule has 1 fully saturated rings. The van der Waals surface area contributed by atoms with Gasteiger partial charge >= 0.3 is 0 Å². The van der Waals surface area contributed by atoms with E-state index < -0.39 is 0 Å². The maximum absolute atomic E-state index is 12.9. The summed E-state index contributed by atoms with van der Waals surface area (Å²) in [5.41, 5.74) is 7.33. The van der Waals surface area contributed by atoms with E-state index in [1.807, 2.05) is 0 Å². The highest BCUT2D eigenvalue weighted by Crippen LogP contribution is 2.29. The normalized spacial score (nSPS) is 20.4. The van der Waals surface area contributed by atoms with E-state index in [4.69, 9.17) is 26.8 Å². The van der Waals surface area contributed by atoms with Crippen LogP contribution in [-0.4, -0.2) is 80.1 Å². The van der Waals surface area contributed by atoms with E-state index in [0.717, 1.165) is 0 Å². The van der Waals surface area contributed by atoms with Gasteiger partial charge in [0.05, 0.1) is 46.7 Å². The standard InChI is InChI=1S/C24H27ClN4O5/c1-33-20-12-18(26)17(25)11-16(20)22(30)27-19-7-8-28(13-21(19)34-2)9-10-29-23(31)14-5-3-4-6-15(14)24(29)32/h3-6,11-12,19,21H,7-10,13,26H2,1-2H3,(H,27,30). The molecule has 0 radical (unpaired) electrons. The summed E-state index contributed by atoms with van der Waals surface area (Å²) in [5, 5.41) is 3.29. The van der Waals surface area contributed by atoms with E-state index in [1.54, 1.807) is 31.4 Å². The van der Waals surface area contributed by atoms with Gasteiger partial charge in [0.25, 0.3) is 17.7 Å². The summed E-state index contributed by atoms with van der Waals surface area (Å²) in [6.07, 6.45) is 0.368. The van der Waals surface area contributed by atoms with Crippen molar-refractivity contribution in [3.8, 4) is 5.75 Å². The van der Waals surface area contributed by atoms with Crippen molar-refractivity contribution in [3.63, 3.8) is 0 Å². The lowest BCUT2D eigenvalue weighted by atomic mass is 10.0. The van der Waals surface area contributed by atoms with Gasteiger partial charge in [-0.3, -0.25) is 24.2 Å². The third-order valence-corrected chi connectivity index (χ3v) is 6.67. The third-order valence-electron chi connectivity index (χ3n) is 6.34. The van der Waals surface area contributed by atoms with Crippen LogP contribution in [0.1, 0.15) is 37.5 Å². The number of methoxy groups -OCH3 is 2. The van der Waals surface area contributed by atoms with E-state index in [0.29, 0.717) is 60.7 Å². The molecule has 3 N–H and O–H groups in total. The van der Waals surface area contributed by atoms with Gasteiger partial charge in [0.2, 0.25) is 0 Å². The number of rotatable bonds is 7. The van der Waals surface area contributed by atoms with Gasteiger partial charge in [0, 0.05) is 39.4 Å². The molecular formula is C24H27ClN4O5. The highest BCUT2D eigenvalue weighted by molar-refractivity contribution is 6.33. The van der Waals surface area contributed by atoms with Crippen molar-refractivity contribution < 1.29 is 23.9 Å². The lowest BCUT2D eigenvalue weighted by Gasteiger charge is -2.38. The number of nitrogens with two attached hydrogens (primary N) is 1. The van der Waals surface area contributed by atoms with Crippen molar-refractivity contribution in [3.05, 3.63) is 58.1 Å². The van der Waals surface area contributed by atoms with E-state index in [2.05, 4.69) is 10.2 Å². The molecule has 0 bridgehead atoms. The van der Waals surface area contributed by atoms with Crippen LogP contribution in [0, 0.1) is 0 Å². The molecule has 3 amide bonds. The van der Waals surface area contributed by atoms with Crippen LogP contribution in [0.25, 0.3) is 0 Å². The summed E-state index contributed by atoms with van der Waals surface area (Å²) in [6.45, 7) is 2.03. The molecule has 0 spiro atoms. The molecule has 0 aromatic heterocycles. The molecule has 2 atom stereocenters. The Balaban J connectivity index is 1.36. The molecule has 0 saturated carbocycles. The molecular weight excluding hydrogens is 460 g/mol. The Labute approximate surface area is 202 Å². The van der Waals surface area contributed by atoms with Crippen LogP contribution >= 0.6 is 11.6 Å². The second-order valence-corrected chi connectivity index (χ2v) is 8.73. The molecule has 2 heterocycles. The number of likely N-dealkylation sites (tertiary alicyclic amines) is 1. The number of hydrogen-bond acceptors (Lipinski definition) is 7. The molecule has 0 aliphatic carbocycles. The number of fused-ring (bicyclic) bond motifs is 1. The second kappa shape index (κ2) is 10.0. The summed E-state index contributed by atoms with van der Waals surface area (Å²) >= 11 is 6.10. The lowest BCUT2D eigenvalue weighted by molar-refractivity contribution is 0.00450. The number of nitrogen functional groups attached to an aromatic ring is 1. The molecule has 2 aromatic carbocycles. The first-order chi connectivity index (χ1) is 16.3. The molecule has 2 aromatic rings. The van der Waals surface area contributed by atoms with Gasteiger partial charge in [-0.05, 0) is 24.6 Å². The topological polar surface area (TPSA) is 114 Å². The maximum atomic E-state index is 12.9. The Kier molecular flexibility index (Phi) is 7.06. The predicted octanol–water partition coefficient (Wildman–Crippen LogP) is 2.05. The lowest BCUT2D eigenvalue weighted by Crippen LogP contribution is -2.55. The number of imide groups is 1. The first-order valence-electron chi connectivity index (χ1n) is 11.0. The first-order valence-corrected chi connectivity index (χ1v) is 11.4. The highest BCUT2D eigenvalue weighted by atomic mass is 35.5. The first kappa shape index (κ1) is 24.0. The van der Waals surface area contributed by atoms with Gasteiger partial charge in [-0.1, -0.05) is 23.7 Å². The number of carbonyl (C=O) groups excluding carboxylic acids is 3. The Morgan fingerprint density at radius 1 is 1.15 bits per heavy atom. The summed E-state index contributed by atoms with van der Waals surface area (Å²) in [6, 6.07) is 9.64. The summed E-state index contributed by atoms with van der Waals surface area (Å²) in [4.78, 5) is 41.5. The van der Waals surface area contributed by atoms with Crippen LogP contribution in [0.2, 0.25) is 5.02 Å². The fourth-order valence-electron chi connectivity index (χ4n) is 4.43. The zero-order valence-electron chi connectivity index (χ0n) is 19.0. The minimum atomic E-state index is -0.328. The Bertz CT molecular complexity index is 1090. The van der Waals surface area contributed by atoms with Crippen molar-refractivity contribution in [2.24, 2.45) is 0 Å². The molecule has 9 nitrogen and oxygen atoms in total. The molecule has 4 rings (SSSR count). The van der Waals surface area contributed by atoms with Gasteiger partial charge in [0.15, 0.2) is 0 Å². The van der Waals surface area contributed by atoms with E-state index in [-0.39, 0.29) is 34.9 Å². The number of anilines is 1. The van der Waals surface area contributed by atoms with Crippen LogP contribution < -0.4 is 15.8 Å². The average molecular weight is 487 g/mol. The van der Waals surface area contributed by atoms with Crippen molar-refractivity contribution in [1.82, 2.24) is 15.1 Å². The van der Waals surface area contributed by atoms with Crippen LogP contribution in [-0.2, 0) is 4.74 Å². The zero-order chi connectivity index (χ0) is 24.4. The number of carbonyl (C=O) groups is 3. The quantitative estimate of drug-likeness (QED) is 0.454. The van der Waals surface area contributed by atoms with Gasteiger partial charge in [0.1, 0.15) is 5.75 Å². The van der Waals surface area contributed by atoms with Gasteiger partial charge in [-0.2, -0.15) is 0 Å². The number of amides is 3. The molecule has 2 aliphatic heterocycles. The monoisotopic (exact) mass is 486 g/mol. The van der Waals surface area contributed by atoms with Crippen LogP contribution in [0.3, 0.4) is 0 Å². The molecule has 180 valence electrons. The van der Waals surface area contributed by atoms with E-state index in [1.165, 1.54) is 24.1 Å². The van der Waals surface area contributed by atoms with Crippen molar-refractivity contribution in [2.45, 2.75) is 18.6 Å². The summed E-state index contributed by atoms with van der Waals surface area (Å²) in [5.74, 6) is -0.513. The Morgan fingerprint density at radius 3 is 2.44 bits per heavy atom. The van der Waals surface area contributed by atoms with E-state index in [9.17, 15) is 14.4 Å². The van der Waals surface area contributed by atoms with Crippen LogP contribution in [0.15, 0.2) is 36.4 Å².